The quantitative estimate of drug-likeness (QED) is 0.682. The van der Waals surface area contributed by atoms with Gasteiger partial charge in [-0.05, 0) is 18.1 Å². The van der Waals surface area contributed by atoms with E-state index in [-0.39, 0.29) is 16.7 Å². The molecule has 2 rings (SSSR count). The van der Waals surface area contributed by atoms with E-state index in [1.54, 1.807) is 12.1 Å². The van der Waals surface area contributed by atoms with Gasteiger partial charge in [0, 0.05) is 49.4 Å². The van der Waals surface area contributed by atoms with Crippen LogP contribution < -0.4 is 5.32 Å². The molecule has 0 amide bonds. The molecule has 1 N–H and O–H groups in total. The lowest BCUT2D eigenvalue weighted by atomic mass is 10.0. The van der Waals surface area contributed by atoms with Crippen LogP contribution in [0.3, 0.4) is 0 Å². The Labute approximate surface area is 117 Å². The van der Waals surface area contributed by atoms with Crippen LogP contribution in [0.4, 0.5) is 5.69 Å². The highest BCUT2D eigenvalue weighted by atomic mass is 35.5. The van der Waals surface area contributed by atoms with E-state index in [4.69, 9.17) is 11.6 Å². The molecule has 1 fully saturated rings. The molecule has 0 aliphatic carbocycles. The summed E-state index contributed by atoms with van der Waals surface area (Å²) in [5.74, 6) is 0. The summed E-state index contributed by atoms with van der Waals surface area (Å²) in [5.41, 5.74) is 0.966. The fourth-order valence-electron chi connectivity index (χ4n) is 2.57. The predicted octanol–water partition coefficient (Wildman–Crippen LogP) is 2.60. The number of halogens is 1. The molecule has 0 unspecified atom stereocenters. The van der Waals surface area contributed by atoms with Gasteiger partial charge in [0.1, 0.15) is 0 Å². The van der Waals surface area contributed by atoms with E-state index in [2.05, 4.69) is 17.1 Å². The monoisotopic (exact) mass is 283 g/mol. The van der Waals surface area contributed by atoms with Gasteiger partial charge in [-0.3, -0.25) is 15.0 Å². The van der Waals surface area contributed by atoms with Crippen LogP contribution in [0.25, 0.3) is 0 Å². The van der Waals surface area contributed by atoms with Crippen LogP contribution in [0.15, 0.2) is 18.2 Å². The first-order valence-corrected chi connectivity index (χ1v) is 6.90. The third-order valence-electron chi connectivity index (χ3n) is 3.53. The molecule has 1 aromatic rings. The fraction of sp³-hybridized carbons (Fsp3) is 0.538. The fourth-order valence-corrected chi connectivity index (χ4v) is 2.81. The maximum atomic E-state index is 10.9. The summed E-state index contributed by atoms with van der Waals surface area (Å²) in [6, 6.07) is 4.84. The molecule has 1 aliphatic heterocycles. The van der Waals surface area contributed by atoms with Gasteiger partial charge in [0.05, 0.1) is 4.92 Å². The van der Waals surface area contributed by atoms with Gasteiger partial charge in [0.2, 0.25) is 0 Å². The summed E-state index contributed by atoms with van der Waals surface area (Å²) >= 11 is 6.23. The summed E-state index contributed by atoms with van der Waals surface area (Å²) in [4.78, 5) is 12.9. The zero-order valence-corrected chi connectivity index (χ0v) is 11.7. The van der Waals surface area contributed by atoms with Gasteiger partial charge in [-0.25, -0.2) is 0 Å². The summed E-state index contributed by atoms with van der Waals surface area (Å²) in [5, 5.41) is 14.8. The first kappa shape index (κ1) is 14.2. The van der Waals surface area contributed by atoms with Crippen LogP contribution in [0.5, 0.6) is 0 Å². The van der Waals surface area contributed by atoms with Crippen molar-refractivity contribution in [3.63, 3.8) is 0 Å². The average molecular weight is 284 g/mol. The van der Waals surface area contributed by atoms with Crippen LogP contribution >= 0.6 is 11.6 Å². The minimum atomic E-state index is -0.371. The second-order valence-electron chi connectivity index (χ2n) is 4.67. The average Bonchev–Trinajstić information content (AvgIpc) is 2.42. The van der Waals surface area contributed by atoms with Crippen molar-refractivity contribution in [2.45, 2.75) is 19.4 Å². The maximum Gasteiger partial charge on any atom is 0.269 e. The van der Waals surface area contributed by atoms with Crippen molar-refractivity contribution < 1.29 is 4.92 Å². The van der Waals surface area contributed by atoms with Gasteiger partial charge in [-0.2, -0.15) is 0 Å². The summed E-state index contributed by atoms with van der Waals surface area (Å²) in [6.45, 7) is 5.86. The van der Waals surface area contributed by atoms with Crippen LogP contribution in [0.2, 0.25) is 5.02 Å². The first-order valence-electron chi connectivity index (χ1n) is 6.52. The lowest BCUT2D eigenvalue weighted by molar-refractivity contribution is -0.385. The van der Waals surface area contributed by atoms with Crippen molar-refractivity contribution in [1.29, 1.82) is 0 Å². The molecule has 19 heavy (non-hydrogen) atoms. The number of nitro benzene ring substituents is 1. The zero-order chi connectivity index (χ0) is 13.8. The molecule has 1 atom stereocenters. The van der Waals surface area contributed by atoms with Crippen molar-refractivity contribution >= 4 is 17.3 Å². The molecule has 1 heterocycles. The molecule has 0 spiro atoms. The smallest absolute Gasteiger partial charge is 0.269 e. The Hall–Kier alpha value is -1.17. The molecule has 5 nitrogen and oxygen atoms in total. The van der Waals surface area contributed by atoms with Gasteiger partial charge in [-0.15, -0.1) is 0 Å². The molecule has 0 saturated carbocycles. The highest BCUT2D eigenvalue weighted by molar-refractivity contribution is 6.31. The first-order chi connectivity index (χ1) is 9.13. The Balaban J connectivity index is 2.30. The molecule has 6 heteroatoms. The Kier molecular flexibility index (Phi) is 4.74. The SMILES string of the molecule is CC[C@@H](c1cc([N+](=O)[O-])ccc1Cl)N1CCNCC1. The molecule has 1 aliphatic rings. The number of non-ortho nitro benzene ring substituents is 1. The normalized spacial score (nSPS) is 18.2. The molecule has 0 bridgehead atoms. The molecule has 1 aromatic carbocycles. The lowest BCUT2D eigenvalue weighted by Crippen LogP contribution is -2.45. The third kappa shape index (κ3) is 3.23. The molecular weight excluding hydrogens is 266 g/mol. The van der Waals surface area contributed by atoms with E-state index < -0.39 is 0 Å². The minimum Gasteiger partial charge on any atom is -0.314 e. The molecule has 1 saturated heterocycles. The van der Waals surface area contributed by atoms with E-state index in [0.29, 0.717) is 5.02 Å². The highest BCUT2D eigenvalue weighted by Crippen LogP contribution is 2.33. The zero-order valence-electron chi connectivity index (χ0n) is 10.9. The Morgan fingerprint density at radius 1 is 1.47 bits per heavy atom. The Bertz CT molecular complexity index is 461. The van der Waals surface area contributed by atoms with E-state index in [1.165, 1.54) is 6.07 Å². The predicted molar refractivity (Wildman–Crippen MR) is 75.6 cm³/mol. The minimum absolute atomic E-state index is 0.105. The molecule has 0 aromatic heterocycles. The number of piperazine rings is 1. The van der Waals surface area contributed by atoms with Gasteiger partial charge in [0.25, 0.3) is 5.69 Å². The van der Waals surface area contributed by atoms with Crippen molar-refractivity contribution in [2.24, 2.45) is 0 Å². The van der Waals surface area contributed by atoms with E-state index in [0.717, 1.165) is 38.2 Å². The maximum absolute atomic E-state index is 10.9. The van der Waals surface area contributed by atoms with Gasteiger partial charge >= 0.3 is 0 Å². The van der Waals surface area contributed by atoms with E-state index in [9.17, 15) is 10.1 Å². The largest absolute Gasteiger partial charge is 0.314 e. The van der Waals surface area contributed by atoms with Crippen molar-refractivity contribution in [3.8, 4) is 0 Å². The number of nitrogens with one attached hydrogen (secondary N) is 1. The Morgan fingerprint density at radius 2 is 2.16 bits per heavy atom. The molecular formula is C13H18ClN3O2. The number of hydrogen-bond donors (Lipinski definition) is 1. The number of nitro groups is 1. The van der Waals surface area contributed by atoms with Gasteiger partial charge < -0.3 is 5.32 Å². The van der Waals surface area contributed by atoms with E-state index in [1.807, 2.05) is 0 Å². The summed E-state index contributed by atoms with van der Waals surface area (Å²) in [6.07, 6.45) is 0.890. The van der Waals surface area contributed by atoms with Crippen LogP contribution in [-0.2, 0) is 0 Å². The lowest BCUT2D eigenvalue weighted by Gasteiger charge is -2.35. The second-order valence-corrected chi connectivity index (χ2v) is 5.08. The van der Waals surface area contributed by atoms with E-state index >= 15 is 0 Å². The summed E-state index contributed by atoms with van der Waals surface area (Å²) in [7, 11) is 0. The van der Waals surface area contributed by atoms with Crippen molar-refractivity contribution in [2.75, 3.05) is 26.2 Å². The van der Waals surface area contributed by atoms with Crippen LogP contribution in [-0.4, -0.2) is 36.0 Å². The number of rotatable bonds is 4. The third-order valence-corrected chi connectivity index (χ3v) is 3.87. The van der Waals surface area contributed by atoms with Crippen molar-refractivity contribution in [3.05, 3.63) is 38.9 Å². The number of hydrogen-bond acceptors (Lipinski definition) is 4. The highest BCUT2D eigenvalue weighted by Gasteiger charge is 2.24. The van der Waals surface area contributed by atoms with Crippen LogP contribution in [0.1, 0.15) is 24.9 Å². The second kappa shape index (κ2) is 6.32. The topological polar surface area (TPSA) is 58.4 Å². The standard InChI is InChI=1S/C13H18ClN3O2/c1-2-13(16-7-5-15-6-8-16)11-9-10(17(18)19)3-4-12(11)14/h3-4,9,13,15H,2,5-8H2,1H3/t13-/m0/s1. The summed E-state index contributed by atoms with van der Waals surface area (Å²) < 4.78 is 0. The molecule has 104 valence electrons. The molecule has 0 radical (unpaired) electrons. The van der Waals surface area contributed by atoms with Gasteiger partial charge in [-0.1, -0.05) is 18.5 Å². The van der Waals surface area contributed by atoms with Gasteiger partial charge in [0.15, 0.2) is 0 Å². The number of benzene rings is 1. The van der Waals surface area contributed by atoms with Crippen LogP contribution in [0, 0.1) is 10.1 Å². The Morgan fingerprint density at radius 3 is 2.74 bits per heavy atom. The number of nitrogens with zero attached hydrogens (tertiary/aromatic N) is 2. The van der Waals surface area contributed by atoms with Crippen molar-refractivity contribution in [1.82, 2.24) is 10.2 Å².